The second kappa shape index (κ2) is 8.35. The quantitative estimate of drug-likeness (QED) is 0.492. The molecule has 0 spiro atoms. The molecule has 2 amide bonds. The van der Waals surface area contributed by atoms with E-state index in [4.69, 9.17) is 16.0 Å². The number of halogens is 2. The third-order valence-electron chi connectivity index (χ3n) is 3.23. The number of nitrogens with one attached hydrogen (secondary N) is 2. The molecule has 0 saturated heterocycles. The van der Waals surface area contributed by atoms with Crippen molar-refractivity contribution in [2.24, 2.45) is 0 Å². The highest BCUT2D eigenvalue weighted by molar-refractivity contribution is 9.11. The van der Waals surface area contributed by atoms with Crippen molar-refractivity contribution in [1.29, 1.82) is 0 Å². The fourth-order valence-electron chi connectivity index (χ4n) is 2.07. The topological polar surface area (TPSA) is 71.3 Å². The molecular weight excluding hydrogens is 440 g/mol. The summed E-state index contributed by atoms with van der Waals surface area (Å²) in [5, 5.41) is 5.83. The third kappa shape index (κ3) is 4.85. The SMILES string of the molecule is O=C(/C=C/c1ccc(Br)s1)Nc1ccc(Cl)cc1NC(=O)c1ccco1. The maximum Gasteiger partial charge on any atom is 0.291 e. The lowest BCUT2D eigenvalue weighted by molar-refractivity contribution is -0.111. The van der Waals surface area contributed by atoms with Crippen LogP contribution in [0.5, 0.6) is 0 Å². The minimum Gasteiger partial charge on any atom is -0.459 e. The molecule has 0 radical (unpaired) electrons. The van der Waals surface area contributed by atoms with Crippen LogP contribution in [0.4, 0.5) is 11.4 Å². The zero-order chi connectivity index (χ0) is 18.5. The zero-order valence-electron chi connectivity index (χ0n) is 13.2. The molecule has 3 aromatic rings. The number of carbonyl (C=O) groups is 2. The lowest BCUT2D eigenvalue weighted by Crippen LogP contribution is -2.15. The van der Waals surface area contributed by atoms with Gasteiger partial charge < -0.3 is 15.1 Å². The van der Waals surface area contributed by atoms with Crippen LogP contribution in [-0.2, 0) is 4.79 Å². The van der Waals surface area contributed by atoms with E-state index in [0.717, 1.165) is 8.66 Å². The Bertz CT molecular complexity index is 967. The Morgan fingerprint density at radius 3 is 2.65 bits per heavy atom. The Kier molecular flexibility index (Phi) is 5.92. The van der Waals surface area contributed by atoms with Gasteiger partial charge in [-0.2, -0.15) is 0 Å². The van der Waals surface area contributed by atoms with Gasteiger partial charge in [-0.1, -0.05) is 11.6 Å². The van der Waals surface area contributed by atoms with E-state index in [0.29, 0.717) is 16.4 Å². The van der Waals surface area contributed by atoms with E-state index in [1.165, 1.54) is 23.7 Å². The Morgan fingerprint density at radius 2 is 1.96 bits per heavy atom. The molecule has 8 heteroatoms. The molecule has 3 rings (SSSR count). The molecule has 2 heterocycles. The van der Waals surface area contributed by atoms with Crippen molar-refractivity contribution in [1.82, 2.24) is 0 Å². The summed E-state index contributed by atoms with van der Waals surface area (Å²) < 4.78 is 6.05. The summed E-state index contributed by atoms with van der Waals surface area (Å²) in [7, 11) is 0. The van der Waals surface area contributed by atoms with E-state index in [-0.39, 0.29) is 11.7 Å². The predicted octanol–water partition coefficient (Wildman–Crippen LogP) is 5.66. The maximum absolute atomic E-state index is 12.2. The van der Waals surface area contributed by atoms with Crippen molar-refractivity contribution in [3.05, 3.63) is 74.3 Å². The van der Waals surface area contributed by atoms with Crippen molar-refractivity contribution in [2.75, 3.05) is 10.6 Å². The van der Waals surface area contributed by atoms with Crippen molar-refractivity contribution >= 4 is 68.1 Å². The fourth-order valence-corrected chi connectivity index (χ4v) is 3.57. The molecule has 2 aromatic heterocycles. The van der Waals surface area contributed by atoms with Gasteiger partial charge in [0.15, 0.2) is 5.76 Å². The number of amides is 2. The van der Waals surface area contributed by atoms with E-state index < -0.39 is 5.91 Å². The van der Waals surface area contributed by atoms with E-state index in [1.54, 1.807) is 36.4 Å². The molecule has 0 unspecified atom stereocenters. The number of rotatable bonds is 5. The van der Waals surface area contributed by atoms with Gasteiger partial charge in [0.2, 0.25) is 5.91 Å². The molecule has 0 aliphatic rings. The van der Waals surface area contributed by atoms with Crippen LogP contribution < -0.4 is 10.6 Å². The first-order valence-corrected chi connectivity index (χ1v) is 9.39. The van der Waals surface area contributed by atoms with Gasteiger partial charge in [-0.25, -0.2) is 0 Å². The second-order valence-corrected chi connectivity index (χ2v) is 8.02. The largest absolute Gasteiger partial charge is 0.459 e. The first-order valence-electron chi connectivity index (χ1n) is 7.40. The molecule has 0 aliphatic heterocycles. The Morgan fingerprint density at radius 1 is 1.12 bits per heavy atom. The minimum atomic E-state index is -0.438. The number of hydrogen-bond donors (Lipinski definition) is 2. The predicted molar refractivity (Wildman–Crippen MR) is 108 cm³/mol. The first-order chi connectivity index (χ1) is 12.5. The summed E-state index contributed by atoms with van der Waals surface area (Å²) in [5.41, 5.74) is 0.802. The van der Waals surface area contributed by atoms with E-state index >= 15 is 0 Å². The van der Waals surface area contributed by atoms with Crippen molar-refractivity contribution in [3.63, 3.8) is 0 Å². The zero-order valence-corrected chi connectivity index (χ0v) is 16.3. The summed E-state index contributed by atoms with van der Waals surface area (Å²) in [5.74, 6) is -0.609. The van der Waals surface area contributed by atoms with Crippen LogP contribution in [0.1, 0.15) is 15.4 Å². The standard InChI is InChI=1S/C18H12BrClN2O3S/c19-16-7-4-12(26-16)5-8-17(23)21-13-6-3-11(20)10-14(13)22-18(24)15-2-1-9-25-15/h1-10H,(H,21,23)(H,22,24)/b8-5+. The summed E-state index contributed by atoms with van der Waals surface area (Å²) in [6, 6.07) is 11.8. The maximum atomic E-state index is 12.2. The van der Waals surface area contributed by atoms with Crippen LogP contribution in [0.2, 0.25) is 5.02 Å². The summed E-state index contributed by atoms with van der Waals surface area (Å²) in [6.07, 6.45) is 4.54. The molecule has 0 fully saturated rings. The highest BCUT2D eigenvalue weighted by Gasteiger charge is 2.13. The van der Waals surface area contributed by atoms with Gasteiger partial charge in [-0.05, 0) is 64.5 Å². The molecular formula is C18H12BrClN2O3S. The smallest absolute Gasteiger partial charge is 0.291 e. The van der Waals surface area contributed by atoms with Gasteiger partial charge >= 0.3 is 0 Å². The number of thiophene rings is 1. The van der Waals surface area contributed by atoms with Crippen molar-refractivity contribution in [3.8, 4) is 0 Å². The van der Waals surface area contributed by atoms with Gasteiger partial charge in [0.1, 0.15) is 0 Å². The van der Waals surface area contributed by atoms with Crippen LogP contribution in [-0.4, -0.2) is 11.8 Å². The molecule has 132 valence electrons. The fraction of sp³-hybridized carbons (Fsp3) is 0. The van der Waals surface area contributed by atoms with Crippen molar-refractivity contribution in [2.45, 2.75) is 0 Å². The second-order valence-electron chi connectivity index (χ2n) is 5.09. The summed E-state index contributed by atoms with van der Waals surface area (Å²) >= 11 is 10.9. The van der Waals surface area contributed by atoms with Crippen LogP contribution in [0.25, 0.3) is 6.08 Å². The van der Waals surface area contributed by atoms with E-state index in [1.807, 2.05) is 12.1 Å². The third-order valence-corrected chi connectivity index (χ3v) is 5.05. The molecule has 0 atom stereocenters. The molecule has 0 bridgehead atoms. The molecule has 2 N–H and O–H groups in total. The highest BCUT2D eigenvalue weighted by Crippen LogP contribution is 2.27. The lowest BCUT2D eigenvalue weighted by Gasteiger charge is -2.11. The highest BCUT2D eigenvalue weighted by atomic mass is 79.9. The van der Waals surface area contributed by atoms with E-state index in [2.05, 4.69) is 26.6 Å². The average molecular weight is 452 g/mol. The molecule has 0 aliphatic carbocycles. The normalized spacial score (nSPS) is 10.8. The summed E-state index contributed by atoms with van der Waals surface area (Å²) in [4.78, 5) is 25.3. The Balaban J connectivity index is 1.73. The number of furan rings is 1. The number of benzene rings is 1. The molecule has 5 nitrogen and oxygen atoms in total. The van der Waals surface area contributed by atoms with Crippen LogP contribution >= 0.6 is 38.9 Å². The van der Waals surface area contributed by atoms with Gasteiger partial charge in [-0.3, -0.25) is 9.59 Å². The van der Waals surface area contributed by atoms with Crippen molar-refractivity contribution < 1.29 is 14.0 Å². The minimum absolute atomic E-state index is 0.158. The number of anilines is 2. The molecule has 26 heavy (non-hydrogen) atoms. The monoisotopic (exact) mass is 450 g/mol. The van der Waals surface area contributed by atoms with Crippen LogP contribution in [0.15, 0.2) is 63.0 Å². The van der Waals surface area contributed by atoms with Gasteiger partial charge in [0.25, 0.3) is 5.91 Å². The number of carbonyl (C=O) groups excluding carboxylic acids is 2. The molecule has 1 aromatic carbocycles. The summed E-state index contributed by atoms with van der Waals surface area (Å²) in [6.45, 7) is 0. The lowest BCUT2D eigenvalue weighted by atomic mass is 10.2. The van der Waals surface area contributed by atoms with Crippen LogP contribution in [0.3, 0.4) is 0 Å². The van der Waals surface area contributed by atoms with E-state index in [9.17, 15) is 9.59 Å². The average Bonchev–Trinajstić information content (AvgIpc) is 3.27. The Hall–Kier alpha value is -2.35. The number of hydrogen-bond acceptors (Lipinski definition) is 4. The van der Waals surface area contributed by atoms with Gasteiger partial charge in [0.05, 0.1) is 21.4 Å². The first kappa shape index (κ1) is 18.4. The Labute approximate surface area is 166 Å². The molecule has 0 saturated carbocycles. The van der Waals surface area contributed by atoms with Crippen LogP contribution in [0, 0.1) is 0 Å². The van der Waals surface area contributed by atoms with Gasteiger partial charge in [0, 0.05) is 16.0 Å². The van der Waals surface area contributed by atoms with Gasteiger partial charge in [-0.15, -0.1) is 11.3 Å².